The molecule has 0 saturated heterocycles. The molecule has 1 aromatic heterocycles. The Kier molecular flexibility index (Phi) is 5.16. The summed E-state index contributed by atoms with van der Waals surface area (Å²) in [5.41, 5.74) is 9.89. The van der Waals surface area contributed by atoms with Crippen LogP contribution in [0.15, 0.2) is 139 Å². The highest BCUT2D eigenvalue weighted by Crippen LogP contribution is 2.49. The molecule has 7 rings (SSSR count). The molecule has 2 nitrogen and oxygen atoms in total. The maximum Gasteiger partial charge on any atom is 0.137 e. The second-order valence-corrected chi connectivity index (χ2v) is 10.6. The average molecular weight is 489 g/mol. The molecule has 5 aromatic rings. The first-order valence-electron chi connectivity index (χ1n) is 13.1. The molecule has 4 aromatic carbocycles. The van der Waals surface area contributed by atoms with Crippen LogP contribution < -0.4 is 4.90 Å². The number of allylic oxidation sites excluding steroid dienone is 5. The van der Waals surface area contributed by atoms with Gasteiger partial charge in [-0.15, -0.1) is 0 Å². The van der Waals surface area contributed by atoms with Crippen molar-refractivity contribution in [1.82, 2.24) is 4.98 Å². The predicted octanol–water partition coefficient (Wildman–Crippen LogP) is 9.72. The Bertz CT molecular complexity index is 1760. The zero-order valence-corrected chi connectivity index (χ0v) is 21.6. The van der Waals surface area contributed by atoms with Gasteiger partial charge in [0.05, 0.1) is 0 Å². The van der Waals surface area contributed by atoms with E-state index in [2.05, 4.69) is 134 Å². The minimum Gasteiger partial charge on any atom is -0.295 e. The number of hydrogen-bond donors (Lipinski definition) is 0. The van der Waals surface area contributed by atoms with E-state index < -0.39 is 0 Å². The SMILES string of the molecule is CC1(C)C=CC=C(N(c2cccc(-c3ccc4c5c(cccc35)-c3ccccc3-4)c2)c2ccccn2)C=C1. The van der Waals surface area contributed by atoms with Crippen molar-refractivity contribution in [3.05, 3.63) is 139 Å². The number of rotatable bonds is 4. The normalized spacial score (nSPS) is 14.7. The van der Waals surface area contributed by atoms with Gasteiger partial charge in [0.15, 0.2) is 0 Å². The molecule has 2 heteroatoms. The van der Waals surface area contributed by atoms with Gasteiger partial charge in [-0.05, 0) is 80.6 Å². The first-order chi connectivity index (χ1) is 18.6. The summed E-state index contributed by atoms with van der Waals surface area (Å²) >= 11 is 0. The number of nitrogens with zero attached hydrogens (tertiary/aromatic N) is 2. The van der Waals surface area contributed by atoms with Crippen molar-refractivity contribution in [2.45, 2.75) is 13.8 Å². The Hall–Kier alpha value is -4.69. The Balaban J connectivity index is 1.39. The molecule has 0 saturated carbocycles. The quantitative estimate of drug-likeness (QED) is 0.245. The predicted molar refractivity (Wildman–Crippen MR) is 160 cm³/mol. The van der Waals surface area contributed by atoms with Crippen LogP contribution in [0.2, 0.25) is 0 Å². The first-order valence-corrected chi connectivity index (χ1v) is 13.1. The summed E-state index contributed by atoms with van der Waals surface area (Å²) in [4.78, 5) is 6.97. The Labute approximate surface area is 223 Å². The van der Waals surface area contributed by atoms with Gasteiger partial charge in [-0.3, -0.25) is 4.90 Å². The van der Waals surface area contributed by atoms with E-state index >= 15 is 0 Å². The number of pyridine rings is 1. The minimum absolute atomic E-state index is 0.00188. The van der Waals surface area contributed by atoms with E-state index in [4.69, 9.17) is 4.98 Å². The molecule has 0 atom stereocenters. The van der Waals surface area contributed by atoms with Crippen molar-refractivity contribution in [2.75, 3.05) is 4.90 Å². The fourth-order valence-corrected chi connectivity index (χ4v) is 5.73. The van der Waals surface area contributed by atoms with Gasteiger partial charge in [-0.25, -0.2) is 4.98 Å². The van der Waals surface area contributed by atoms with Crippen LogP contribution in [-0.2, 0) is 0 Å². The largest absolute Gasteiger partial charge is 0.295 e. The summed E-state index contributed by atoms with van der Waals surface area (Å²) in [7, 11) is 0. The van der Waals surface area contributed by atoms with Gasteiger partial charge < -0.3 is 0 Å². The van der Waals surface area contributed by atoms with Gasteiger partial charge in [0.25, 0.3) is 0 Å². The second kappa shape index (κ2) is 8.71. The first kappa shape index (κ1) is 22.5. The third-order valence-electron chi connectivity index (χ3n) is 7.58. The molecule has 0 aliphatic heterocycles. The van der Waals surface area contributed by atoms with Gasteiger partial charge in [-0.1, -0.05) is 105 Å². The highest BCUT2D eigenvalue weighted by molar-refractivity contribution is 6.18. The van der Waals surface area contributed by atoms with Gasteiger partial charge in [-0.2, -0.15) is 0 Å². The summed E-state index contributed by atoms with van der Waals surface area (Å²) in [5, 5.41) is 2.64. The van der Waals surface area contributed by atoms with Crippen LogP contribution in [0.5, 0.6) is 0 Å². The Morgan fingerprint density at radius 1 is 0.658 bits per heavy atom. The van der Waals surface area contributed by atoms with Crippen molar-refractivity contribution >= 4 is 22.3 Å². The summed E-state index contributed by atoms with van der Waals surface area (Å²) < 4.78 is 0. The van der Waals surface area contributed by atoms with Crippen LogP contribution in [0.4, 0.5) is 11.5 Å². The lowest BCUT2D eigenvalue weighted by atomic mass is 9.93. The molecule has 182 valence electrons. The molecule has 0 radical (unpaired) electrons. The third kappa shape index (κ3) is 3.69. The van der Waals surface area contributed by atoms with E-state index in [0.717, 1.165) is 17.2 Å². The standard InChI is InChI=1S/C36H28N2/c1-36(2)21-9-12-26(20-22-36)38(34-17-5-6-23-37-34)27-11-7-10-25(24-27)28-18-19-33-30-14-4-3-13-29(30)32-16-8-15-31(28)35(32)33/h3-24H,1-2H3. The number of anilines is 2. The topological polar surface area (TPSA) is 16.1 Å². The molecule has 0 fully saturated rings. The molecule has 0 bridgehead atoms. The number of aromatic nitrogens is 1. The fourth-order valence-electron chi connectivity index (χ4n) is 5.73. The van der Waals surface area contributed by atoms with Crippen molar-refractivity contribution in [2.24, 2.45) is 5.41 Å². The molecule has 0 spiro atoms. The molecule has 0 N–H and O–H groups in total. The highest BCUT2D eigenvalue weighted by Gasteiger charge is 2.23. The highest BCUT2D eigenvalue weighted by atomic mass is 15.2. The Morgan fingerprint density at radius 3 is 2.21 bits per heavy atom. The van der Waals surface area contributed by atoms with Crippen LogP contribution in [-0.4, -0.2) is 4.98 Å². The molecule has 2 aliphatic rings. The van der Waals surface area contributed by atoms with Crippen LogP contribution in [0.3, 0.4) is 0 Å². The molecule has 1 heterocycles. The number of fused-ring (bicyclic) bond motifs is 3. The smallest absolute Gasteiger partial charge is 0.137 e. The lowest BCUT2D eigenvalue weighted by molar-refractivity contribution is 0.627. The fraction of sp³-hybridized carbons (Fsp3) is 0.0833. The van der Waals surface area contributed by atoms with E-state index in [9.17, 15) is 0 Å². The lowest BCUT2D eigenvalue weighted by Crippen LogP contribution is -2.16. The van der Waals surface area contributed by atoms with E-state index in [-0.39, 0.29) is 5.41 Å². The monoisotopic (exact) mass is 488 g/mol. The maximum absolute atomic E-state index is 4.73. The summed E-state index contributed by atoms with van der Waals surface area (Å²) in [6.07, 6.45) is 12.9. The van der Waals surface area contributed by atoms with Crippen LogP contribution in [0.25, 0.3) is 44.2 Å². The van der Waals surface area contributed by atoms with E-state index in [0.29, 0.717) is 0 Å². The summed E-state index contributed by atoms with van der Waals surface area (Å²) in [6.45, 7) is 4.44. The summed E-state index contributed by atoms with van der Waals surface area (Å²) in [5.74, 6) is 0.893. The van der Waals surface area contributed by atoms with Crippen molar-refractivity contribution in [3.63, 3.8) is 0 Å². The molecule has 38 heavy (non-hydrogen) atoms. The molecular formula is C36H28N2. The minimum atomic E-state index is -0.00188. The van der Waals surface area contributed by atoms with Crippen LogP contribution in [0.1, 0.15) is 13.8 Å². The van der Waals surface area contributed by atoms with Crippen molar-refractivity contribution in [3.8, 4) is 33.4 Å². The number of hydrogen-bond acceptors (Lipinski definition) is 2. The van der Waals surface area contributed by atoms with Crippen LogP contribution >= 0.6 is 0 Å². The molecule has 2 aliphatic carbocycles. The van der Waals surface area contributed by atoms with Crippen LogP contribution in [0, 0.1) is 5.41 Å². The maximum atomic E-state index is 4.73. The zero-order chi connectivity index (χ0) is 25.7. The third-order valence-corrected chi connectivity index (χ3v) is 7.58. The summed E-state index contributed by atoms with van der Waals surface area (Å²) in [6, 6.07) is 34.9. The second-order valence-electron chi connectivity index (χ2n) is 10.6. The molecular weight excluding hydrogens is 460 g/mol. The number of benzene rings is 4. The van der Waals surface area contributed by atoms with Gasteiger partial charge in [0.2, 0.25) is 0 Å². The van der Waals surface area contributed by atoms with Gasteiger partial charge >= 0.3 is 0 Å². The lowest BCUT2D eigenvalue weighted by Gasteiger charge is -2.26. The van der Waals surface area contributed by atoms with Gasteiger partial charge in [0, 0.05) is 23.0 Å². The van der Waals surface area contributed by atoms with E-state index in [1.807, 2.05) is 18.3 Å². The van der Waals surface area contributed by atoms with E-state index in [1.54, 1.807) is 0 Å². The Morgan fingerprint density at radius 2 is 1.39 bits per heavy atom. The van der Waals surface area contributed by atoms with Crippen molar-refractivity contribution in [1.29, 1.82) is 0 Å². The van der Waals surface area contributed by atoms with Gasteiger partial charge in [0.1, 0.15) is 5.82 Å². The zero-order valence-electron chi connectivity index (χ0n) is 21.6. The average Bonchev–Trinajstić information content (AvgIpc) is 3.16. The molecule has 0 unspecified atom stereocenters. The molecule has 0 amide bonds. The van der Waals surface area contributed by atoms with Crippen molar-refractivity contribution < 1.29 is 0 Å². The van der Waals surface area contributed by atoms with E-state index in [1.165, 1.54) is 44.2 Å².